The number of fused-ring (bicyclic) bond motifs is 2. The number of benzene rings is 2. The maximum Gasteiger partial charge on any atom is 0.251 e. The van der Waals surface area contributed by atoms with Crippen molar-refractivity contribution in [3.63, 3.8) is 0 Å². The van der Waals surface area contributed by atoms with Crippen LogP contribution in [0.15, 0.2) is 54.9 Å². The number of likely N-dealkylation sites (N-methyl/N-ethyl adjacent to an activating group) is 1. The molecule has 166 valence electrons. The minimum atomic E-state index is -0.0553. The third-order valence-corrected chi connectivity index (χ3v) is 6.32. The van der Waals surface area contributed by atoms with Crippen LogP contribution in [0.1, 0.15) is 15.9 Å². The van der Waals surface area contributed by atoms with Crippen LogP contribution in [0.5, 0.6) is 0 Å². The molecule has 0 spiro atoms. The molecule has 1 amide bonds. The Morgan fingerprint density at radius 1 is 0.970 bits per heavy atom. The highest BCUT2D eigenvalue weighted by atomic mass is 16.1. The number of nitrogens with one attached hydrogen (secondary N) is 2. The largest absolute Gasteiger partial charge is 0.369 e. The average molecular weight is 441 g/mol. The number of aromatic nitrogens is 4. The van der Waals surface area contributed by atoms with Crippen molar-refractivity contribution < 1.29 is 4.79 Å². The number of hydrogen-bond acceptors (Lipinski definition) is 7. The molecule has 4 heterocycles. The van der Waals surface area contributed by atoms with Gasteiger partial charge in [-0.15, -0.1) is 0 Å². The highest BCUT2D eigenvalue weighted by molar-refractivity contribution is 5.98. The zero-order valence-electron chi connectivity index (χ0n) is 18.3. The Kier molecular flexibility index (Phi) is 4.69. The van der Waals surface area contributed by atoms with Gasteiger partial charge in [-0.05, 0) is 49.0 Å². The normalized spacial score (nSPS) is 16.2. The number of amides is 1. The van der Waals surface area contributed by atoms with Crippen molar-refractivity contribution in [3.8, 4) is 5.69 Å². The second kappa shape index (κ2) is 7.86. The zero-order valence-corrected chi connectivity index (χ0v) is 18.3. The number of carbonyl (C=O) groups excluding carboxylic acids is 1. The van der Waals surface area contributed by atoms with Crippen molar-refractivity contribution in [3.05, 3.63) is 66.0 Å². The summed E-state index contributed by atoms with van der Waals surface area (Å²) in [7, 11) is 2.16. The minimum Gasteiger partial charge on any atom is -0.369 e. The molecule has 4 aromatic rings. The quantitative estimate of drug-likeness (QED) is 0.504. The summed E-state index contributed by atoms with van der Waals surface area (Å²) in [6.45, 7) is 4.81. The Hall–Kier alpha value is -3.98. The van der Waals surface area contributed by atoms with E-state index in [0.717, 1.165) is 48.5 Å². The molecule has 33 heavy (non-hydrogen) atoms. The first kappa shape index (κ1) is 19.7. The van der Waals surface area contributed by atoms with Gasteiger partial charge in [-0.1, -0.05) is 6.07 Å². The van der Waals surface area contributed by atoms with Crippen LogP contribution in [0, 0.1) is 0 Å². The van der Waals surface area contributed by atoms with E-state index in [0.29, 0.717) is 23.7 Å². The predicted octanol–water partition coefficient (Wildman–Crippen LogP) is 2.55. The molecule has 0 aliphatic carbocycles. The monoisotopic (exact) mass is 440 g/mol. The number of nitrogens with zero attached hydrogens (tertiary/aromatic N) is 6. The fraction of sp³-hybridized carbons (Fsp3) is 0.250. The number of carbonyl (C=O) groups is 1. The van der Waals surface area contributed by atoms with Crippen LogP contribution in [0.25, 0.3) is 16.7 Å². The highest BCUT2D eigenvalue weighted by Crippen LogP contribution is 2.24. The van der Waals surface area contributed by atoms with Crippen LogP contribution in [0.2, 0.25) is 0 Å². The lowest BCUT2D eigenvalue weighted by Gasteiger charge is -2.34. The van der Waals surface area contributed by atoms with Crippen LogP contribution in [-0.4, -0.2) is 63.8 Å². The lowest BCUT2D eigenvalue weighted by atomic mass is 10.1. The summed E-state index contributed by atoms with van der Waals surface area (Å²) in [5.41, 5.74) is 5.30. The second-order valence-electron chi connectivity index (χ2n) is 8.52. The van der Waals surface area contributed by atoms with Crippen LogP contribution < -0.4 is 15.5 Å². The summed E-state index contributed by atoms with van der Waals surface area (Å²) in [4.78, 5) is 26.0. The first-order valence-electron chi connectivity index (χ1n) is 11.1. The smallest absolute Gasteiger partial charge is 0.251 e. The molecule has 9 nitrogen and oxygen atoms in total. The van der Waals surface area contributed by atoms with E-state index in [1.54, 1.807) is 17.1 Å². The molecule has 0 atom stereocenters. The number of piperazine rings is 1. The predicted molar refractivity (Wildman–Crippen MR) is 127 cm³/mol. The van der Waals surface area contributed by atoms with Gasteiger partial charge in [0.1, 0.15) is 0 Å². The lowest BCUT2D eigenvalue weighted by Crippen LogP contribution is -2.44. The summed E-state index contributed by atoms with van der Waals surface area (Å²) in [5.74, 6) is 0.441. The van der Waals surface area contributed by atoms with Gasteiger partial charge in [0.15, 0.2) is 5.65 Å². The Bertz CT molecular complexity index is 1340. The van der Waals surface area contributed by atoms with E-state index < -0.39 is 0 Å². The lowest BCUT2D eigenvalue weighted by molar-refractivity contribution is 0.0965. The molecule has 0 bridgehead atoms. The molecule has 1 fully saturated rings. The summed E-state index contributed by atoms with van der Waals surface area (Å²) in [6.07, 6.45) is 3.49. The zero-order chi connectivity index (χ0) is 22.4. The molecule has 1 saturated heterocycles. The van der Waals surface area contributed by atoms with Crippen molar-refractivity contribution in [1.29, 1.82) is 0 Å². The van der Waals surface area contributed by atoms with Crippen LogP contribution in [0.4, 0.5) is 17.3 Å². The molecule has 0 unspecified atom stereocenters. The SMILES string of the molecule is CN1CCN(c2ccc(Nc3ncc4cnn(-c5ccc6c(c5)C(=O)NC6)c4n3)cc2)CC1. The van der Waals surface area contributed by atoms with Gasteiger partial charge in [-0.2, -0.15) is 10.1 Å². The molecule has 2 aliphatic heterocycles. The summed E-state index contributed by atoms with van der Waals surface area (Å²) in [5, 5.41) is 11.5. The van der Waals surface area contributed by atoms with Gasteiger partial charge in [0.05, 0.1) is 17.3 Å². The molecule has 2 N–H and O–H groups in total. The summed E-state index contributed by atoms with van der Waals surface area (Å²) >= 11 is 0. The standard InChI is InChI=1S/C24H24N8O/c1-30-8-10-31(11-9-30)19-6-3-18(4-7-19)28-24-26-14-17-15-27-32(22(17)29-24)20-5-2-16-13-25-23(33)21(16)12-20/h2-7,12,14-15H,8-11,13H2,1H3,(H,25,33)(H,26,28,29). The molecule has 2 aromatic carbocycles. The molecule has 6 rings (SSSR count). The molecular formula is C24H24N8O. The van der Waals surface area contributed by atoms with Gasteiger partial charge in [0.2, 0.25) is 5.95 Å². The fourth-order valence-corrected chi connectivity index (χ4v) is 4.35. The van der Waals surface area contributed by atoms with E-state index >= 15 is 0 Å². The van der Waals surface area contributed by atoms with Gasteiger partial charge in [-0.3, -0.25) is 4.79 Å². The Morgan fingerprint density at radius 2 is 1.76 bits per heavy atom. The van der Waals surface area contributed by atoms with E-state index in [-0.39, 0.29) is 5.91 Å². The Balaban J connectivity index is 1.25. The number of hydrogen-bond donors (Lipinski definition) is 2. The topological polar surface area (TPSA) is 91.2 Å². The van der Waals surface area contributed by atoms with Crippen molar-refractivity contribution in [2.75, 3.05) is 43.4 Å². The highest BCUT2D eigenvalue weighted by Gasteiger charge is 2.20. The Morgan fingerprint density at radius 3 is 2.58 bits per heavy atom. The van der Waals surface area contributed by atoms with E-state index in [1.165, 1.54) is 5.69 Å². The maximum atomic E-state index is 12.1. The van der Waals surface area contributed by atoms with E-state index in [1.807, 2.05) is 18.2 Å². The summed E-state index contributed by atoms with van der Waals surface area (Å²) in [6, 6.07) is 14.1. The summed E-state index contributed by atoms with van der Waals surface area (Å²) < 4.78 is 1.74. The van der Waals surface area contributed by atoms with E-state index in [9.17, 15) is 4.79 Å². The molecule has 2 aromatic heterocycles. The van der Waals surface area contributed by atoms with E-state index in [2.05, 4.69) is 61.8 Å². The third kappa shape index (κ3) is 3.66. The van der Waals surface area contributed by atoms with Crippen LogP contribution >= 0.6 is 0 Å². The van der Waals surface area contributed by atoms with Gasteiger partial charge in [-0.25, -0.2) is 9.67 Å². The fourth-order valence-electron chi connectivity index (χ4n) is 4.35. The molecule has 0 saturated carbocycles. The van der Waals surface area contributed by atoms with Gasteiger partial charge in [0.25, 0.3) is 5.91 Å². The van der Waals surface area contributed by atoms with E-state index in [4.69, 9.17) is 4.98 Å². The minimum absolute atomic E-state index is 0.0553. The second-order valence-corrected chi connectivity index (χ2v) is 8.52. The van der Waals surface area contributed by atoms with Gasteiger partial charge >= 0.3 is 0 Å². The number of anilines is 3. The molecule has 0 radical (unpaired) electrons. The van der Waals surface area contributed by atoms with Crippen molar-refractivity contribution >= 4 is 34.3 Å². The third-order valence-electron chi connectivity index (χ3n) is 6.32. The van der Waals surface area contributed by atoms with Crippen molar-refractivity contribution in [2.45, 2.75) is 6.54 Å². The molecule has 9 heteroatoms. The molecular weight excluding hydrogens is 416 g/mol. The first-order valence-corrected chi connectivity index (χ1v) is 11.1. The van der Waals surface area contributed by atoms with Crippen LogP contribution in [0.3, 0.4) is 0 Å². The molecule has 2 aliphatic rings. The average Bonchev–Trinajstić information content (AvgIpc) is 3.43. The number of rotatable bonds is 4. The van der Waals surface area contributed by atoms with Gasteiger partial charge in [0, 0.05) is 55.9 Å². The maximum absolute atomic E-state index is 12.1. The van der Waals surface area contributed by atoms with Crippen molar-refractivity contribution in [2.24, 2.45) is 0 Å². The Labute approximate surface area is 191 Å². The first-order chi connectivity index (χ1) is 16.1. The van der Waals surface area contributed by atoms with Crippen molar-refractivity contribution in [1.82, 2.24) is 30.0 Å². The van der Waals surface area contributed by atoms with Crippen LogP contribution in [-0.2, 0) is 6.54 Å². The van der Waals surface area contributed by atoms with Gasteiger partial charge < -0.3 is 20.4 Å².